The van der Waals surface area contributed by atoms with Gasteiger partial charge in [-0.15, -0.1) is 0 Å². The summed E-state index contributed by atoms with van der Waals surface area (Å²) >= 11 is 0. The van der Waals surface area contributed by atoms with Gasteiger partial charge in [-0.25, -0.2) is 13.2 Å². The van der Waals surface area contributed by atoms with E-state index in [4.69, 9.17) is 0 Å². The fraction of sp³-hybridized carbons (Fsp3) is 0.333. The SMILES string of the molecule is Cc1ccc(N(CC(=O)N(C)C)S(=O)(=O)c2ccc3c(c2)n(C)c(=O)n3C)cc1C. The first-order valence-electron chi connectivity index (χ1n) is 9.40. The zero-order valence-electron chi connectivity index (χ0n) is 18.0. The molecule has 0 N–H and O–H groups in total. The zero-order valence-corrected chi connectivity index (χ0v) is 18.8. The molecule has 160 valence electrons. The number of rotatable bonds is 5. The predicted octanol–water partition coefficient (Wildman–Crippen LogP) is 1.78. The molecule has 0 aliphatic heterocycles. The molecule has 1 aromatic heterocycles. The molecule has 0 saturated heterocycles. The summed E-state index contributed by atoms with van der Waals surface area (Å²) in [6.45, 7) is 3.50. The molecule has 1 amide bonds. The maximum Gasteiger partial charge on any atom is 0.328 e. The predicted molar refractivity (Wildman–Crippen MR) is 117 cm³/mol. The highest BCUT2D eigenvalue weighted by atomic mass is 32.2. The number of fused-ring (bicyclic) bond motifs is 1. The highest BCUT2D eigenvalue weighted by Crippen LogP contribution is 2.27. The van der Waals surface area contributed by atoms with E-state index in [2.05, 4.69) is 0 Å². The van der Waals surface area contributed by atoms with Crippen LogP contribution in [0.3, 0.4) is 0 Å². The Morgan fingerprint density at radius 1 is 0.933 bits per heavy atom. The molecular formula is C21H26N4O4S. The number of sulfonamides is 1. The maximum absolute atomic E-state index is 13.6. The van der Waals surface area contributed by atoms with E-state index >= 15 is 0 Å². The number of imidazole rings is 1. The van der Waals surface area contributed by atoms with Crippen molar-refractivity contribution in [2.75, 3.05) is 24.9 Å². The molecule has 8 nitrogen and oxygen atoms in total. The number of benzene rings is 2. The topological polar surface area (TPSA) is 84.6 Å². The minimum Gasteiger partial charge on any atom is -0.347 e. The van der Waals surface area contributed by atoms with Crippen LogP contribution in [0.1, 0.15) is 11.1 Å². The van der Waals surface area contributed by atoms with Crippen LogP contribution in [0.15, 0.2) is 46.1 Å². The lowest BCUT2D eigenvalue weighted by atomic mass is 10.1. The summed E-state index contributed by atoms with van der Waals surface area (Å²) in [7, 11) is 2.33. The molecule has 0 saturated carbocycles. The van der Waals surface area contributed by atoms with Gasteiger partial charge in [0.15, 0.2) is 0 Å². The third kappa shape index (κ3) is 3.60. The summed E-state index contributed by atoms with van der Waals surface area (Å²) in [6, 6.07) is 9.82. The molecule has 2 aromatic carbocycles. The molecular weight excluding hydrogens is 404 g/mol. The van der Waals surface area contributed by atoms with Gasteiger partial charge in [-0.05, 0) is 55.3 Å². The number of carbonyl (C=O) groups is 1. The van der Waals surface area contributed by atoms with Gasteiger partial charge in [0.2, 0.25) is 5.91 Å². The fourth-order valence-electron chi connectivity index (χ4n) is 3.23. The molecule has 0 unspecified atom stereocenters. The number of carbonyl (C=O) groups excluding carboxylic acids is 1. The van der Waals surface area contributed by atoms with Gasteiger partial charge in [-0.2, -0.15) is 0 Å². The Morgan fingerprint density at radius 2 is 1.57 bits per heavy atom. The second-order valence-electron chi connectivity index (χ2n) is 7.62. The van der Waals surface area contributed by atoms with Crippen LogP contribution in [-0.2, 0) is 28.9 Å². The smallest absolute Gasteiger partial charge is 0.328 e. The van der Waals surface area contributed by atoms with Crippen molar-refractivity contribution in [3.8, 4) is 0 Å². The van der Waals surface area contributed by atoms with Gasteiger partial charge in [0.25, 0.3) is 10.0 Å². The molecule has 9 heteroatoms. The average Bonchev–Trinajstić information content (AvgIpc) is 2.91. The molecule has 0 bridgehead atoms. The van der Waals surface area contributed by atoms with Gasteiger partial charge < -0.3 is 4.90 Å². The van der Waals surface area contributed by atoms with Crippen molar-refractivity contribution in [3.63, 3.8) is 0 Å². The third-order valence-corrected chi connectivity index (χ3v) is 7.16. The lowest BCUT2D eigenvalue weighted by Crippen LogP contribution is -2.40. The summed E-state index contributed by atoms with van der Waals surface area (Å²) in [5.41, 5.74) is 3.25. The number of aryl methyl sites for hydroxylation is 4. The number of nitrogens with zero attached hydrogens (tertiary/aromatic N) is 4. The normalized spacial score (nSPS) is 11.7. The fourth-order valence-corrected chi connectivity index (χ4v) is 4.66. The second kappa shape index (κ2) is 7.64. The number of hydrogen-bond donors (Lipinski definition) is 0. The van der Waals surface area contributed by atoms with Crippen molar-refractivity contribution in [2.45, 2.75) is 18.7 Å². The minimum absolute atomic E-state index is 0.0148. The Hall–Kier alpha value is -3.07. The van der Waals surface area contributed by atoms with Crippen LogP contribution in [0.4, 0.5) is 5.69 Å². The molecule has 3 rings (SSSR count). The van der Waals surface area contributed by atoms with Gasteiger partial charge in [-0.1, -0.05) is 6.07 Å². The standard InChI is InChI=1S/C21H26N4O4S/c1-14-7-8-16(11-15(14)2)25(13-20(26)22(3)4)30(28,29)17-9-10-18-19(12-17)24(6)21(27)23(18)5/h7-12H,13H2,1-6H3. The number of anilines is 1. The Morgan fingerprint density at radius 3 is 2.17 bits per heavy atom. The van der Waals surface area contributed by atoms with Crippen molar-refractivity contribution in [1.82, 2.24) is 14.0 Å². The van der Waals surface area contributed by atoms with Crippen LogP contribution in [-0.4, -0.2) is 49.0 Å². The maximum atomic E-state index is 13.6. The molecule has 0 spiro atoms. The van der Waals surface area contributed by atoms with E-state index in [1.165, 1.54) is 26.2 Å². The van der Waals surface area contributed by atoms with E-state index in [0.717, 1.165) is 15.4 Å². The third-order valence-electron chi connectivity index (χ3n) is 5.39. The van der Waals surface area contributed by atoms with Gasteiger partial charge in [0.1, 0.15) is 6.54 Å². The van der Waals surface area contributed by atoms with Crippen LogP contribution in [0, 0.1) is 13.8 Å². The van der Waals surface area contributed by atoms with Gasteiger partial charge in [-0.3, -0.25) is 18.2 Å². The van der Waals surface area contributed by atoms with Crippen LogP contribution < -0.4 is 9.99 Å². The monoisotopic (exact) mass is 430 g/mol. The summed E-state index contributed by atoms with van der Waals surface area (Å²) in [4.78, 5) is 26.0. The molecule has 30 heavy (non-hydrogen) atoms. The Labute approximate surface area is 176 Å². The molecule has 0 aliphatic carbocycles. The van der Waals surface area contributed by atoms with E-state index in [1.54, 1.807) is 46.4 Å². The Balaban J connectivity index is 2.19. The van der Waals surface area contributed by atoms with Crippen LogP contribution in [0.25, 0.3) is 11.0 Å². The first kappa shape index (κ1) is 21.6. The molecule has 0 fully saturated rings. The average molecular weight is 431 g/mol. The number of hydrogen-bond acceptors (Lipinski definition) is 4. The second-order valence-corrected chi connectivity index (χ2v) is 9.48. The summed E-state index contributed by atoms with van der Waals surface area (Å²) in [5.74, 6) is -0.343. The van der Waals surface area contributed by atoms with E-state index in [0.29, 0.717) is 16.7 Å². The van der Waals surface area contributed by atoms with Crippen LogP contribution in [0.5, 0.6) is 0 Å². The first-order chi connectivity index (χ1) is 13.9. The summed E-state index contributed by atoms with van der Waals surface area (Å²) in [5, 5.41) is 0. The minimum atomic E-state index is -4.06. The Bertz CT molecular complexity index is 1300. The largest absolute Gasteiger partial charge is 0.347 e. The molecule has 1 heterocycles. The summed E-state index contributed by atoms with van der Waals surface area (Å²) < 4.78 is 31.2. The lowest BCUT2D eigenvalue weighted by Gasteiger charge is -2.26. The molecule has 0 radical (unpaired) electrons. The molecule has 0 aliphatic rings. The highest BCUT2D eigenvalue weighted by Gasteiger charge is 2.29. The lowest BCUT2D eigenvalue weighted by molar-refractivity contribution is -0.127. The quantitative estimate of drug-likeness (QED) is 0.618. The highest BCUT2D eigenvalue weighted by molar-refractivity contribution is 7.92. The first-order valence-corrected chi connectivity index (χ1v) is 10.8. The Kier molecular flexibility index (Phi) is 5.51. The van der Waals surface area contributed by atoms with Crippen molar-refractivity contribution in [1.29, 1.82) is 0 Å². The van der Waals surface area contributed by atoms with Crippen LogP contribution >= 0.6 is 0 Å². The van der Waals surface area contributed by atoms with Crippen molar-refractivity contribution in [3.05, 3.63) is 58.0 Å². The van der Waals surface area contributed by atoms with Crippen molar-refractivity contribution < 1.29 is 13.2 Å². The number of likely N-dealkylation sites (N-methyl/N-ethyl adjacent to an activating group) is 1. The van der Waals surface area contributed by atoms with Gasteiger partial charge in [0.05, 0.1) is 21.6 Å². The molecule has 3 aromatic rings. The van der Waals surface area contributed by atoms with E-state index < -0.39 is 10.0 Å². The van der Waals surface area contributed by atoms with E-state index in [9.17, 15) is 18.0 Å². The van der Waals surface area contributed by atoms with Crippen LogP contribution in [0.2, 0.25) is 0 Å². The number of amides is 1. The van der Waals surface area contributed by atoms with E-state index in [-0.39, 0.29) is 23.0 Å². The van der Waals surface area contributed by atoms with Crippen molar-refractivity contribution in [2.24, 2.45) is 14.1 Å². The zero-order chi connectivity index (χ0) is 22.4. The number of aromatic nitrogens is 2. The summed E-state index contributed by atoms with van der Waals surface area (Å²) in [6.07, 6.45) is 0. The van der Waals surface area contributed by atoms with Gasteiger partial charge >= 0.3 is 5.69 Å². The van der Waals surface area contributed by atoms with E-state index in [1.807, 2.05) is 19.9 Å². The molecule has 0 atom stereocenters. The van der Waals surface area contributed by atoms with Gasteiger partial charge in [0, 0.05) is 28.2 Å². The van der Waals surface area contributed by atoms with Crippen molar-refractivity contribution >= 4 is 32.7 Å².